The first kappa shape index (κ1) is 17.4. The molecule has 0 saturated carbocycles. The summed E-state index contributed by atoms with van der Waals surface area (Å²) in [6, 6.07) is 2.36. The molecular weight excluding hydrogens is 316 g/mol. The number of esters is 1. The van der Waals surface area contributed by atoms with Crippen molar-refractivity contribution in [1.29, 1.82) is 0 Å². The van der Waals surface area contributed by atoms with E-state index in [1.165, 1.54) is 6.07 Å². The number of hydrogen-bond acceptors (Lipinski definition) is 4. The molecule has 0 aliphatic carbocycles. The summed E-state index contributed by atoms with van der Waals surface area (Å²) in [4.78, 5) is 11.7. The third-order valence-electron chi connectivity index (χ3n) is 2.43. The fourth-order valence-electron chi connectivity index (χ4n) is 1.46. The summed E-state index contributed by atoms with van der Waals surface area (Å²) in [7, 11) is 0. The van der Waals surface area contributed by atoms with Crippen LogP contribution in [0.5, 0.6) is 0 Å². The summed E-state index contributed by atoms with van der Waals surface area (Å²) in [5.74, 6) is -5.12. The van der Waals surface area contributed by atoms with Gasteiger partial charge < -0.3 is 15.8 Å². The van der Waals surface area contributed by atoms with Crippen molar-refractivity contribution in [3.63, 3.8) is 0 Å². The van der Waals surface area contributed by atoms with Gasteiger partial charge in [-0.25, -0.2) is 13.6 Å². The zero-order chi connectivity index (χ0) is 16.2. The Morgan fingerprint density at radius 3 is 2.62 bits per heavy atom. The van der Waals surface area contributed by atoms with Gasteiger partial charge in [0.25, 0.3) is 0 Å². The van der Waals surface area contributed by atoms with E-state index in [4.69, 9.17) is 22.1 Å². The molecule has 4 nitrogen and oxygen atoms in total. The SMILES string of the molecule is CCOC(=O)c1cc(N)cc(Cl)c1NCC(F)(F)C(F)F. The predicted octanol–water partition coefficient (Wildman–Crippen LogP) is 3.41. The number of ether oxygens (including phenoxy) is 1. The van der Waals surface area contributed by atoms with Gasteiger partial charge in [0, 0.05) is 5.69 Å². The lowest BCUT2D eigenvalue weighted by Crippen LogP contribution is -2.35. The normalized spacial score (nSPS) is 11.6. The quantitative estimate of drug-likeness (QED) is 0.477. The van der Waals surface area contributed by atoms with Crippen molar-refractivity contribution in [1.82, 2.24) is 0 Å². The number of benzene rings is 1. The van der Waals surface area contributed by atoms with Crippen molar-refractivity contribution in [3.8, 4) is 0 Å². The van der Waals surface area contributed by atoms with Crippen molar-refractivity contribution < 1.29 is 27.1 Å². The van der Waals surface area contributed by atoms with Crippen molar-refractivity contribution >= 4 is 28.9 Å². The maximum absolute atomic E-state index is 12.9. The summed E-state index contributed by atoms with van der Waals surface area (Å²) in [5.41, 5.74) is 5.18. The number of hydrogen-bond donors (Lipinski definition) is 2. The molecule has 0 aromatic heterocycles. The van der Waals surface area contributed by atoms with E-state index in [1.807, 2.05) is 0 Å². The van der Waals surface area contributed by atoms with Gasteiger partial charge in [0.2, 0.25) is 0 Å². The van der Waals surface area contributed by atoms with E-state index < -0.39 is 24.9 Å². The Kier molecular flexibility index (Phi) is 5.65. The van der Waals surface area contributed by atoms with Crippen molar-refractivity contribution in [3.05, 3.63) is 22.7 Å². The van der Waals surface area contributed by atoms with Crippen molar-refractivity contribution in [2.75, 3.05) is 24.2 Å². The van der Waals surface area contributed by atoms with E-state index in [1.54, 1.807) is 6.92 Å². The lowest BCUT2D eigenvalue weighted by atomic mass is 10.1. The molecule has 0 aliphatic rings. The average molecular weight is 329 g/mol. The molecule has 1 aromatic rings. The number of carbonyl (C=O) groups is 1. The first-order chi connectivity index (χ1) is 9.69. The monoisotopic (exact) mass is 328 g/mol. The molecule has 0 radical (unpaired) electrons. The van der Waals surface area contributed by atoms with Gasteiger partial charge in [-0.1, -0.05) is 11.6 Å². The molecule has 0 atom stereocenters. The molecule has 9 heteroatoms. The number of nitrogen functional groups attached to an aromatic ring is 1. The molecule has 1 aromatic carbocycles. The topological polar surface area (TPSA) is 64.3 Å². The lowest BCUT2D eigenvalue weighted by Gasteiger charge is -2.19. The number of rotatable bonds is 6. The summed E-state index contributed by atoms with van der Waals surface area (Å²) < 4.78 is 54.8. The molecular formula is C12H13ClF4N2O2. The van der Waals surface area contributed by atoms with Crippen LogP contribution >= 0.6 is 11.6 Å². The van der Waals surface area contributed by atoms with Crippen LogP contribution in [0.2, 0.25) is 5.02 Å². The zero-order valence-electron chi connectivity index (χ0n) is 10.9. The Labute approximate surface area is 123 Å². The summed E-state index contributed by atoms with van der Waals surface area (Å²) >= 11 is 5.80. The lowest BCUT2D eigenvalue weighted by molar-refractivity contribution is -0.117. The summed E-state index contributed by atoms with van der Waals surface area (Å²) in [6.45, 7) is 0.197. The van der Waals surface area contributed by atoms with E-state index in [0.717, 1.165) is 6.07 Å². The number of nitrogens with two attached hydrogens (primary N) is 1. The zero-order valence-corrected chi connectivity index (χ0v) is 11.7. The standard InChI is InChI=1S/C12H13ClF4N2O2/c1-2-21-10(20)7-3-6(18)4-8(13)9(7)19-5-12(16,17)11(14)15/h3-4,11,19H,2,5,18H2,1H3. The first-order valence-electron chi connectivity index (χ1n) is 5.85. The molecule has 0 saturated heterocycles. The van der Waals surface area contributed by atoms with E-state index in [0.29, 0.717) is 0 Å². The number of alkyl halides is 4. The molecule has 0 fully saturated rings. The van der Waals surface area contributed by atoms with E-state index in [2.05, 4.69) is 5.32 Å². The Morgan fingerprint density at radius 2 is 2.10 bits per heavy atom. The maximum Gasteiger partial charge on any atom is 0.340 e. The fraction of sp³-hybridized carbons (Fsp3) is 0.417. The Balaban J connectivity index is 3.08. The summed E-state index contributed by atoms with van der Waals surface area (Å²) in [5, 5.41) is 1.90. The Morgan fingerprint density at radius 1 is 1.48 bits per heavy atom. The molecule has 0 amide bonds. The van der Waals surface area contributed by atoms with Crippen molar-refractivity contribution in [2.24, 2.45) is 0 Å². The van der Waals surface area contributed by atoms with E-state index in [-0.39, 0.29) is 28.6 Å². The minimum Gasteiger partial charge on any atom is -0.462 e. The molecule has 118 valence electrons. The Bertz CT molecular complexity index is 526. The predicted molar refractivity (Wildman–Crippen MR) is 71.3 cm³/mol. The minimum absolute atomic E-state index is 0.0396. The van der Waals surface area contributed by atoms with Gasteiger partial charge in [-0.05, 0) is 19.1 Å². The van der Waals surface area contributed by atoms with Gasteiger partial charge in [-0.2, -0.15) is 8.78 Å². The fourth-order valence-corrected chi connectivity index (χ4v) is 1.76. The number of carbonyl (C=O) groups excluding carboxylic acids is 1. The second-order valence-corrected chi connectivity index (χ2v) is 4.47. The first-order valence-corrected chi connectivity index (χ1v) is 6.22. The average Bonchev–Trinajstić information content (AvgIpc) is 2.36. The Hall–Kier alpha value is -1.70. The van der Waals surface area contributed by atoms with Crippen LogP contribution in [-0.4, -0.2) is 31.5 Å². The molecule has 3 N–H and O–H groups in total. The minimum atomic E-state index is -4.27. The van der Waals surface area contributed by atoms with Crippen molar-refractivity contribution in [2.45, 2.75) is 19.3 Å². The number of halogens is 5. The third-order valence-corrected chi connectivity index (χ3v) is 2.73. The highest BCUT2D eigenvalue weighted by atomic mass is 35.5. The van der Waals surface area contributed by atoms with Gasteiger partial charge in [-0.15, -0.1) is 0 Å². The second-order valence-electron chi connectivity index (χ2n) is 4.06. The molecule has 0 bridgehead atoms. The van der Waals surface area contributed by atoms with Crippen LogP contribution in [0.25, 0.3) is 0 Å². The summed E-state index contributed by atoms with van der Waals surface area (Å²) in [6.07, 6.45) is -3.84. The maximum atomic E-state index is 12.9. The molecule has 21 heavy (non-hydrogen) atoms. The molecule has 0 unspecified atom stereocenters. The number of nitrogens with one attached hydrogen (secondary N) is 1. The number of anilines is 2. The third kappa shape index (κ3) is 4.38. The van der Waals surface area contributed by atoms with Crippen LogP contribution in [0.15, 0.2) is 12.1 Å². The van der Waals surface area contributed by atoms with Gasteiger partial charge in [-0.3, -0.25) is 0 Å². The highest BCUT2D eigenvalue weighted by Gasteiger charge is 2.40. The van der Waals surface area contributed by atoms with Crippen LogP contribution in [0.4, 0.5) is 28.9 Å². The van der Waals surface area contributed by atoms with Gasteiger partial charge in [0.15, 0.2) is 0 Å². The molecule has 0 heterocycles. The van der Waals surface area contributed by atoms with Gasteiger partial charge >= 0.3 is 18.3 Å². The molecule has 1 rings (SSSR count). The van der Waals surface area contributed by atoms with Crippen LogP contribution in [-0.2, 0) is 4.74 Å². The van der Waals surface area contributed by atoms with Crippen LogP contribution < -0.4 is 11.1 Å². The van der Waals surface area contributed by atoms with Crippen LogP contribution in [0.1, 0.15) is 17.3 Å². The van der Waals surface area contributed by atoms with Crippen LogP contribution in [0, 0.1) is 0 Å². The largest absolute Gasteiger partial charge is 0.462 e. The second kappa shape index (κ2) is 6.84. The van der Waals surface area contributed by atoms with E-state index in [9.17, 15) is 22.4 Å². The van der Waals surface area contributed by atoms with Crippen LogP contribution in [0.3, 0.4) is 0 Å². The molecule has 0 spiro atoms. The van der Waals surface area contributed by atoms with Gasteiger partial charge in [0.1, 0.15) is 0 Å². The van der Waals surface area contributed by atoms with Gasteiger partial charge in [0.05, 0.1) is 29.4 Å². The smallest absolute Gasteiger partial charge is 0.340 e. The molecule has 0 aliphatic heterocycles. The highest BCUT2D eigenvalue weighted by Crippen LogP contribution is 2.31. The highest BCUT2D eigenvalue weighted by molar-refractivity contribution is 6.34. The van der Waals surface area contributed by atoms with E-state index >= 15 is 0 Å².